The van der Waals surface area contributed by atoms with Gasteiger partial charge in [0.1, 0.15) is 5.60 Å². The Morgan fingerprint density at radius 2 is 1.61 bits per heavy atom. The molecule has 23 heavy (non-hydrogen) atoms. The summed E-state index contributed by atoms with van der Waals surface area (Å²) in [6.45, 7) is 10.0. The van der Waals surface area contributed by atoms with Gasteiger partial charge in [-0.05, 0) is 27.7 Å². The van der Waals surface area contributed by atoms with Gasteiger partial charge in [0, 0.05) is 31.7 Å². The lowest BCUT2D eigenvalue weighted by Crippen LogP contribution is -2.53. The molecule has 1 aromatic rings. The molecule has 1 unspecified atom stereocenters. The topological polar surface area (TPSA) is 49.9 Å². The Hall–Kier alpha value is -1.88. The molecular formula is C18H26N2O3. The zero-order chi connectivity index (χ0) is 17.0. The SMILES string of the molecule is CC(C(=O)c1ccccc1)N1CCN(C(=O)OC(C)(C)C)CC1. The summed E-state index contributed by atoms with van der Waals surface area (Å²) >= 11 is 0. The van der Waals surface area contributed by atoms with Gasteiger partial charge in [0.25, 0.3) is 0 Å². The Morgan fingerprint density at radius 1 is 1.04 bits per heavy atom. The van der Waals surface area contributed by atoms with Crippen molar-refractivity contribution < 1.29 is 14.3 Å². The van der Waals surface area contributed by atoms with Gasteiger partial charge >= 0.3 is 6.09 Å². The molecule has 1 fully saturated rings. The molecule has 0 radical (unpaired) electrons. The molecule has 0 saturated carbocycles. The van der Waals surface area contributed by atoms with Crippen LogP contribution in [0.4, 0.5) is 4.79 Å². The summed E-state index contributed by atoms with van der Waals surface area (Å²) in [5.74, 6) is 0.122. The molecule has 0 spiro atoms. The van der Waals surface area contributed by atoms with E-state index >= 15 is 0 Å². The van der Waals surface area contributed by atoms with E-state index in [1.807, 2.05) is 58.0 Å². The fourth-order valence-electron chi connectivity index (χ4n) is 2.63. The number of benzene rings is 1. The second-order valence-corrected chi connectivity index (χ2v) is 6.91. The molecular weight excluding hydrogens is 292 g/mol. The van der Waals surface area contributed by atoms with Crippen molar-refractivity contribution in [2.75, 3.05) is 26.2 Å². The average molecular weight is 318 g/mol. The van der Waals surface area contributed by atoms with E-state index in [2.05, 4.69) is 4.90 Å². The molecule has 126 valence electrons. The van der Waals surface area contributed by atoms with E-state index in [-0.39, 0.29) is 17.9 Å². The van der Waals surface area contributed by atoms with Gasteiger partial charge in [0.2, 0.25) is 0 Å². The molecule has 1 amide bonds. The number of nitrogens with zero attached hydrogens (tertiary/aromatic N) is 2. The molecule has 0 bridgehead atoms. The number of carbonyl (C=O) groups excluding carboxylic acids is 2. The molecule has 0 aromatic heterocycles. The maximum atomic E-state index is 12.5. The number of rotatable bonds is 3. The minimum absolute atomic E-state index is 0.122. The first-order chi connectivity index (χ1) is 10.8. The van der Waals surface area contributed by atoms with Crippen molar-refractivity contribution in [3.05, 3.63) is 35.9 Å². The molecule has 0 aliphatic carbocycles. The van der Waals surface area contributed by atoms with E-state index in [1.54, 1.807) is 4.90 Å². The summed E-state index contributed by atoms with van der Waals surface area (Å²) < 4.78 is 5.39. The third-order valence-corrected chi connectivity index (χ3v) is 3.95. The van der Waals surface area contributed by atoms with Crippen LogP contribution in [0.5, 0.6) is 0 Å². The number of ether oxygens (including phenoxy) is 1. The van der Waals surface area contributed by atoms with Gasteiger partial charge in [-0.25, -0.2) is 4.79 Å². The second kappa shape index (κ2) is 7.13. The summed E-state index contributed by atoms with van der Waals surface area (Å²) in [7, 11) is 0. The molecule has 1 aliphatic heterocycles. The normalized spacial score (nSPS) is 17.7. The van der Waals surface area contributed by atoms with E-state index in [1.165, 1.54) is 0 Å². The molecule has 1 saturated heterocycles. The number of ketones is 1. The zero-order valence-electron chi connectivity index (χ0n) is 14.4. The van der Waals surface area contributed by atoms with Gasteiger partial charge in [0.15, 0.2) is 5.78 Å². The minimum Gasteiger partial charge on any atom is -0.444 e. The quantitative estimate of drug-likeness (QED) is 0.804. The van der Waals surface area contributed by atoms with Crippen LogP contribution in [0.25, 0.3) is 0 Å². The van der Waals surface area contributed by atoms with Gasteiger partial charge in [-0.15, -0.1) is 0 Å². The summed E-state index contributed by atoms with van der Waals surface area (Å²) in [6.07, 6.45) is -0.279. The van der Waals surface area contributed by atoms with Crippen molar-refractivity contribution in [3.8, 4) is 0 Å². The zero-order valence-corrected chi connectivity index (χ0v) is 14.4. The van der Waals surface area contributed by atoms with Gasteiger partial charge in [-0.1, -0.05) is 30.3 Å². The van der Waals surface area contributed by atoms with Crippen molar-refractivity contribution in [2.24, 2.45) is 0 Å². The van der Waals surface area contributed by atoms with Crippen molar-refractivity contribution >= 4 is 11.9 Å². The van der Waals surface area contributed by atoms with E-state index < -0.39 is 5.60 Å². The molecule has 5 nitrogen and oxygen atoms in total. The molecule has 1 atom stereocenters. The summed E-state index contributed by atoms with van der Waals surface area (Å²) in [5.41, 5.74) is 0.250. The van der Waals surface area contributed by atoms with Crippen LogP contribution in [0, 0.1) is 0 Å². The highest BCUT2D eigenvalue weighted by Crippen LogP contribution is 2.15. The van der Waals surface area contributed by atoms with Gasteiger partial charge in [0.05, 0.1) is 6.04 Å². The van der Waals surface area contributed by atoms with Crippen molar-refractivity contribution in [2.45, 2.75) is 39.3 Å². The van der Waals surface area contributed by atoms with E-state index in [9.17, 15) is 9.59 Å². The van der Waals surface area contributed by atoms with Crippen molar-refractivity contribution in [1.29, 1.82) is 0 Å². The fourth-order valence-corrected chi connectivity index (χ4v) is 2.63. The van der Waals surface area contributed by atoms with E-state index in [0.717, 1.165) is 5.56 Å². The number of hydrogen-bond donors (Lipinski definition) is 0. The van der Waals surface area contributed by atoms with Crippen LogP contribution >= 0.6 is 0 Å². The van der Waals surface area contributed by atoms with E-state index in [0.29, 0.717) is 26.2 Å². The maximum absolute atomic E-state index is 12.5. The standard InChI is InChI=1S/C18H26N2O3/c1-14(16(21)15-8-6-5-7-9-15)19-10-12-20(13-11-19)17(22)23-18(2,3)4/h5-9,14H,10-13H2,1-4H3. The number of amides is 1. The average Bonchev–Trinajstić information content (AvgIpc) is 2.53. The molecule has 1 aliphatic rings. The smallest absolute Gasteiger partial charge is 0.410 e. The molecule has 0 N–H and O–H groups in total. The number of piperazine rings is 1. The summed E-state index contributed by atoms with van der Waals surface area (Å²) in [5, 5.41) is 0. The summed E-state index contributed by atoms with van der Waals surface area (Å²) in [6, 6.07) is 9.16. The van der Waals surface area contributed by atoms with Crippen LogP contribution in [0.3, 0.4) is 0 Å². The van der Waals surface area contributed by atoms with Gasteiger partial charge in [-0.3, -0.25) is 9.69 Å². The predicted molar refractivity (Wildman–Crippen MR) is 89.6 cm³/mol. The van der Waals surface area contributed by atoms with E-state index in [4.69, 9.17) is 4.74 Å². The highest BCUT2D eigenvalue weighted by Gasteiger charge is 2.29. The van der Waals surface area contributed by atoms with Crippen LogP contribution in [-0.4, -0.2) is 59.5 Å². The first-order valence-electron chi connectivity index (χ1n) is 8.09. The summed E-state index contributed by atoms with van der Waals surface area (Å²) in [4.78, 5) is 28.4. The monoisotopic (exact) mass is 318 g/mol. The van der Waals surface area contributed by atoms with Crippen LogP contribution in [0.15, 0.2) is 30.3 Å². The largest absolute Gasteiger partial charge is 0.444 e. The third kappa shape index (κ3) is 4.79. The Bertz CT molecular complexity index is 543. The first-order valence-corrected chi connectivity index (χ1v) is 8.09. The van der Waals surface area contributed by atoms with Crippen molar-refractivity contribution in [3.63, 3.8) is 0 Å². The third-order valence-electron chi connectivity index (χ3n) is 3.95. The van der Waals surface area contributed by atoms with Crippen LogP contribution in [0.2, 0.25) is 0 Å². The lowest BCUT2D eigenvalue weighted by Gasteiger charge is -2.37. The van der Waals surface area contributed by atoms with Crippen LogP contribution < -0.4 is 0 Å². The minimum atomic E-state index is -0.481. The maximum Gasteiger partial charge on any atom is 0.410 e. The Labute approximate surface area is 138 Å². The molecule has 5 heteroatoms. The number of Topliss-reactive ketones (excluding diaryl/α,β-unsaturated/α-hetero) is 1. The Balaban J connectivity index is 1.89. The Kier molecular flexibility index (Phi) is 5.42. The highest BCUT2D eigenvalue weighted by atomic mass is 16.6. The molecule has 1 aromatic carbocycles. The van der Waals surface area contributed by atoms with Gasteiger partial charge in [-0.2, -0.15) is 0 Å². The Morgan fingerprint density at radius 3 is 2.13 bits per heavy atom. The molecule has 2 rings (SSSR count). The van der Waals surface area contributed by atoms with Crippen LogP contribution in [0.1, 0.15) is 38.1 Å². The second-order valence-electron chi connectivity index (χ2n) is 6.91. The first kappa shape index (κ1) is 17.5. The van der Waals surface area contributed by atoms with Crippen LogP contribution in [-0.2, 0) is 4.74 Å². The lowest BCUT2D eigenvalue weighted by atomic mass is 10.0. The highest BCUT2D eigenvalue weighted by molar-refractivity contribution is 5.99. The number of hydrogen-bond acceptors (Lipinski definition) is 4. The lowest BCUT2D eigenvalue weighted by molar-refractivity contribution is 0.0117. The van der Waals surface area contributed by atoms with Gasteiger partial charge < -0.3 is 9.64 Å². The molecule has 1 heterocycles. The predicted octanol–water partition coefficient (Wildman–Crippen LogP) is 2.81. The number of carbonyl (C=O) groups is 2. The fraction of sp³-hybridized carbons (Fsp3) is 0.556. The van der Waals surface area contributed by atoms with Crippen molar-refractivity contribution in [1.82, 2.24) is 9.80 Å².